The van der Waals surface area contributed by atoms with E-state index in [1.54, 1.807) is 0 Å². The molecule has 1 heterocycles. The number of fused-ring (bicyclic) bond motifs is 1. The number of aryl methyl sites for hydroxylation is 2. The first-order chi connectivity index (χ1) is 9.33. The Hall–Kier alpha value is -2.22. The molecule has 0 aliphatic carbocycles. The fraction of sp³-hybridized carbons (Fsp3) is 0.176. The van der Waals surface area contributed by atoms with Gasteiger partial charge in [-0.15, -0.1) is 0 Å². The van der Waals surface area contributed by atoms with E-state index in [-0.39, 0.29) is 0 Å². The fourth-order valence-corrected chi connectivity index (χ4v) is 2.51. The monoisotopic (exact) mass is 250 g/mol. The molecule has 0 unspecified atom stereocenters. The third-order valence-electron chi connectivity index (χ3n) is 3.50. The molecule has 0 radical (unpaired) electrons. The molecule has 0 atom stereocenters. The summed E-state index contributed by atoms with van der Waals surface area (Å²) in [7, 11) is 0. The van der Waals surface area contributed by atoms with Crippen molar-refractivity contribution < 1.29 is 0 Å². The van der Waals surface area contributed by atoms with Gasteiger partial charge in [-0.05, 0) is 42.7 Å². The number of anilines is 1. The second-order valence-corrected chi connectivity index (χ2v) is 4.92. The summed E-state index contributed by atoms with van der Waals surface area (Å²) >= 11 is 0. The zero-order valence-corrected chi connectivity index (χ0v) is 10.9. The summed E-state index contributed by atoms with van der Waals surface area (Å²) in [5, 5.41) is 1.22. The molecule has 2 nitrogen and oxygen atoms in total. The van der Waals surface area contributed by atoms with Gasteiger partial charge in [0.05, 0.1) is 0 Å². The molecule has 0 amide bonds. The van der Waals surface area contributed by atoms with Gasteiger partial charge >= 0.3 is 0 Å². The highest BCUT2D eigenvalue weighted by molar-refractivity contribution is 5.83. The molecule has 2 aromatic carbocycles. The van der Waals surface area contributed by atoms with Crippen LogP contribution in [0.2, 0.25) is 0 Å². The average Bonchev–Trinajstić information content (AvgIpc) is 2.82. The Bertz CT molecular complexity index is 668. The molecular formula is C17H18N2. The van der Waals surface area contributed by atoms with Crippen molar-refractivity contribution in [2.45, 2.75) is 19.4 Å². The van der Waals surface area contributed by atoms with Gasteiger partial charge in [0.25, 0.3) is 0 Å². The van der Waals surface area contributed by atoms with Crippen molar-refractivity contribution in [3.8, 4) is 0 Å². The highest BCUT2D eigenvalue weighted by Crippen LogP contribution is 2.19. The Balaban J connectivity index is 1.69. The lowest BCUT2D eigenvalue weighted by Crippen LogP contribution is -1.98. The second kappa shape index (κ2) is 5.19. The number of nitrogens with zero attached hydrogens (tertiary/aromatic N) is 1. The number of aromatic nitrogens is 1. The predicted molar refractivity (Wildman–Crippen MR) is 81.1 cm³/mol. The van der Waals surface area contributed by atoms with Crippen molar-refractivity contribution in [2.24, 2.45) is 0 Å². The molecule has 0 saturated carbocycles. The molecule has 0 aliphatic rings. The number of hydrogen-bond acceptors (Lipinski definition) is 1. The van der Waals surface area contributed by atoms with E-state index in [9.17, 15) is 0 Å². The number of nitrogens with two attached hydrogens (primary N) is 1. The van der Waals surface area contributed by atoms with Gasteiger partial charge in [0, 0.05) is 29.3 Å². The Morgan fingerprint density at radius 2 is 1.79 bits per heavy atom. The van der Waals surface area contributed by atoms with Crippen LogP contribution in [-0.4, -0.2) is 4.57 Å². The minimum absolute atomic E-state index is 0.828. The van der Waals surface area contributed by atoms with Crippen LogP contribution in [0, 0.1) is 0 Å². The highest BCUT2D eigenvalue weighted by Gasteiger charge is 2.01. The second-order valence-electron chi connectivity index (χ2n) is 4.92. The van der Waals surface area contributed by atoms with Gasteiger partial charge in [-0.1, -0.05) is 30.3 Å². The molecule has 0 spiro atoms. The topological polar surface area (TPSA) is 30.9 Å². The fourth-order valence-electron chi connectivity index (χ4n) is 2.51. The van der Waals surface area contributed by atoms with Crippen LogP contribution in [0.25, 0.3) is 10.9 Å². The zero-order valence-electron chi connectivity index (χ0n) is 10.9. The number of hydrogen-bond donors (Lipinski definition) is 1. The van der Waals surface area contributed by atoms with Crippen molar-refractivity contribution in [2.75, 3.05) is 5.73 Å². The van der Waals surface area contributed by atoms with Crippen molar-refractivity contribution in [3.63, 3.8) is 0 Å². The Morgan fingerprint density at radius 3 is 2.63 bits per heavy atom. The van der Waals surface area contributed by atoms with Crippen LogP contribution in [0.5, 0.6) is 0 Å². The summed E-state index contributed by atoms with van der Waals surface area (Å²) in [6.45, 7) is 1.04. The number of benzene rings is 2. The Kier molecular flexibility index (Phi) is 3.23. The van der Waals surface area contributed by atoms with Gasteiger partial charge in [0.1, 0.15) is 0 Å². The van der Waals surface area contributed by atoms with Crippen LogP contribution >= 0.6 is 0 Å². The highest BCUT2D eigenvalue weighted by atomic mass is 14.9. The predicted octanol–water partition coefficient (Wildman–Crippen LogP) is 3.86. The average molecular weight is 250 g/mol. The van der Waals surface area contributed by atoms with Crippen LogP contribution in [0.15, 0.2) is 60.8 Å². The molecular weight excluding hydrogens is 232 g/mol. The lowest BCUT2D eigenvalue weighted by atomic mass is 10.1. The molecule has 3 aromatic rings. The van der Waals surface area contributed by atoms with E-state index in [2.05, 4.69) is 53.2 Å². The summed E-state index contributed by atoms with van der Waals surface area (Å²) in [5.74, 6) is 0. The smallest absolute Gasteiger partial charge is 0.0481 e. The molecule has 1 aromatic heterocycles. The van der Waals surface area contributed by atoms with Gasteiger partial charge in [0.15, 0.2) is 0 Å². The zero-order chi connectivity index (χ0) is 13.1. The van der Waals surface area contributed by atoms with E-state index in [0.29, 0.717) is 0 Å². The van der Waals surface area contributed by atoms with Crippen LogP contribution in [-0.2, 0) is 13.0 Å². The largest absolute Gasteiger partial charge is 0.399 e. The molecule has 0 bridgehead atoms. The number of nitrogen functional groups attached to an aromatic ring is 1. The van der Waals surface area contributed by atoms with Crippen LogP contribution in [0.1, 0.15) is 12.0 Å². The van der Waals surface area contributed by atoms with Crippen LogP contribution in [0.3, 0.4) is 0 Å². The minimum Gasteiger partial charge on any atom is -0.399 e. The van der Waals surface area contributed by atoms with Crippen molar-refractivity contribution >= 4 is 16.6 Å². The van der Waals surface area contributed by atoms with Crippen molar-refractivity contribution in [3.05, 3.63) is 66.4 Å². The maximum atomic E-state index is 5.80. The molecule has 2 heteroatoms. The molecule has 2 N–H and O–H groups in total. The Morgan fingerprint density at radius 1 is 0.947 bits per heavy atom. The number of rotatable bonds is 4. The van der Waals surface area contributed by atoms with Gasteiger partial charge in [-0.2, -0.15) is 0 Å². The maximum Gasteiger partial charge on any atom is 0.0481 e. The summed E-state index contributed by atoms with van der Waals surface area (Å²) in [4.78, 5) is 0. The van der Waals surface area contributed by atoms with Gasteiger partial charge in [-0.25, -0.2) is 0 Å². The first kappa shape index (κ1) is 11.8. The summed E-state index contributed by atoms with van der Waals surface area (Å²) < 4.78 is 2.30. The minimum atomic E-state index is 0.828. The summed E-state index contributed by atoms with van der Waals surface area (Å²) in [6.07, 6.45) is 4.42. The Labute approximate surface area is 113 Å². The molecule has 96 valence electrons. The maximum absolute atomic E-state index is 5.80. The van der Waals surface area contributed by atoms with E-state index >= 15 is 0 Å². The first-order valence-electron chi connectivity index (χ1n) is 6.71. The van der Waals surface area contributed by atoms with Crippen LogP contribution in [0.4, 0.5) is 5.69 Å². The standard InChI is InChI=1S/C17H18N2/c18-16-8-9-17-15(13-16)10-12-19(17)11-4-7-14-5-2-1-3-6-14/h1-3,5-6,8-10,12-13H,4,7,11,18H2. The molecule has 0 fully saturated rings. The summed E-state index contributed by atoms with van der Waals surface area (Å²) in [5.41, 5.74) is 9.30. The normalized spacial score (nSPS) is 10.9. The molecule has 3 rings (SSSR count). The van der Waals surface area contributed by atoms with E-state index in [1.807, 2.05) is 12.1 Å². The van der Waals surface area contributed by atoms with E-state index < -0.39 is 0 Å². The lowest BCUT2D eigenvalue weighted by Gasteiger charge is -2.06. The molecule has 0 aliphatic heterocycles. The summed E-state index contributed by atoms with van der Waals surface area (Å²) in [6, 6.07) is 18.9. The quantitative estimate of drug-likeness (QED) is 0.700. The van der Waals surface area contributed by atoms with Gasteiger partial charge in [0.2, 0.25) is 0 Å². The first-order valence-corrected chi connectivity index (χ1v) is 6.71. The lowest BCUT2D eigenvalue weighted by molar-refractivity contribution is 0.662. The SMILES string of the molecule is Nc1ccc2c(ccn2CCCc2ccccc2)c1. The van der Waals surface area contributed by atoms with E-state index in [4.69, 9.17) is 5.73 Å². The third kappa shape index (κ3) is 2.63. The van der Waals surface area contributed by atoms with Crippen molar-refractivity contribution in [1.29, 1.82) is 0 Å². The van der Waals surface area contributed by atoms with E-state index in [0.717, 1.165) is 25.1 Å². The molecule has 0 saturated heterocycles. The van der Waals surface area contributed by atoms with Crippen molar-refractivity contribution in [1.82, 2.24) is 4.57 Å². The third-order valence-corrected chi connectivity index (χ3v) is 3.50. The van der Waals surface area contributed by atoms with Crippen LogP contribution < -0.4 is 5.73 Å². The van der Waals surface area contributed by atoms with E-state index in [1.165, 1.54) is 16.5 Å². The molecule has 19 heavy (non-hydrogen) atoms. The van der Waals surface area contributed by atoms with Gasteiger partial charge < -0.3 is 10.3 Å². The van der Waals surface area contributed by atoms with Gasteiger partial charge in [-0.3, -0.25) is 0 Å².